The Morgan fingerprint density at radius 2 is 1.71 bits per heavy atom. The van der Waals surface area contributed by atoms with Gasteiger partial charge in [-0.3, -0.25) is 9.47 Å². The SMILES string of the molecule is COC(=O)c1cccc(N2CCC2)n1.COc1cc(C)c2c(ccn2C(=O)OC(C)(C)C)c1CN1CCC2(CC1)CC(F)(F)C2. The van der Waals surface area contributed by atoms with Crippen molar-refractivity contribution in [1.29, 1.82) is 0 Å². The van der Waals surface area contributed by atoms with Crippen molar-refractivity contribution < 1.29 is 32.6 Å². The summed E-state index contributed by atoms with van der Waals surface area (Å²) in [5, 5.41) is 0.957. The van der Waals surface area contributed by atoms with E-state index in [1.165, 1.54) is 13.5 Å². The van der Waals surface area contributed by atoms with E-state index < -0.39 is 17.6 Å². The van der Waals surface area contributed by atoms with Crippen LogP contribution < -0.4 is 9.64 Å². The topological polar surface area (TPSA) is 86.1 Å². The molecule has 0 atom stereocenters. The van der Waals surface area contributed by atoms with Gasteiger partial charge in [0.25, 0.3) is 0 Å². The molecule has 11 heteroatoms. The number of aryl methyl sites for hydroxylation is 1. The average molecular weight is 627 g/mol. The number of pyridine rings is 1. The van der Waals surface area contributed by atoms with Gasteiger partial charge >= 0.3 is 12.1 Å². The molecule has 3 fully saturated rings. The van der Waals surface area contributed by atoms with Crippen LogP contribution in [0.15, 0.2) is 36.5 Å². The molecule has 2 aliphatic heterocycles. The summed E-state index contributed by atoms with van der Waals surface area (Å²) in [6.07, 6.45) is 4.21. The first-order valence-electron chi connectivity index (χ1n) is 15.5. The van der Waals surface area contributed by atoms with Gasteiger partial charge in [0.2, 0.25) is 5.92 Å². The van der Waals surface area contributed by atoms with Gasteiger partial charge in [0.1, 0.15) is 17.2 Å². The van der Waals surface area contributed by atoms with Crippen LogP contribution in [-0.4, -0.2) is 78.4 Å². The molecule has 9 nitrogen and oxygen atoms in total. The molecule has 1 saturated carbocycles. The fourth-order valence-electron chi connectivity index (χ4n) is 6.54. The number of alkyl halides is 2. The molecule has 45 heavy (non-hydrogen) atoms. The standard InChI is InChI=1S/C24H32F2N2O3.C10H12N2O2/c1-16-12-19(30-5)18(13-27-10-7-23(8-11-27)14-24(25,26)15-23)17-6-9-28(20(16)17)21(29)31-22(2,3)4;1-14-10(13)8-4-2-5-9(11-8)12-6-3-7-12/h6,9,12H,7-8,10-11,13-15H2,1-5H3;2,4-5H,3,6-7H2,1H3. The summed E-state index contributed by atoms with van der Waals surface area (Å²) >= 11 is 0. The van der Waals surface area contributed by atoms with Crippen molar-refractivity contribution in [3.05, 3.63) is 53.3 Å². The van der Waals surface area contributed by atoms with Crippen molar-refractivity contribution in [3.63, 3.8) is 0 Å². The monoisotopic (exact) mass is 626 g/mol. The molecule has 3 aromatic rings. The molecule has 2 aromatic heterocycles. The second kappa shape index (κ2) is 12.6. The number of anilines is 1. The number of hydrogen-bond acceptors (Lipinski definition) is 8. The highest BCUT2D eigenvalue weighted by Gasteiger charge is 2.56. The maximum Gasteiger partial charge on any atom is 0.419 e. The van der Waals surface area contributed by atoms with Crippen molar-refractivity contribution in [2.24, 2.45) is 5.41 Å². The average Bonchev–Trinajstić information content (AvgIpc) is 3.39. The summed E-state index contributed by atoms with van der Waals surface area (Å²) in [5.41, 5.74) is 2.38. The van der Waals surface area contributed by atoms with E-state index in [4.69, 9.17) is 9.47 Å². The molecule has 0 unspecified atom stereocenters. The first-order chi connectivity index (χ1) is 21.2. The number of ether oxygens (including phenoxy) is 3. The molecule has 0 radical (unpaired) electrons. The summed E-state index contributed by atoms with van der Waals surface area (Å²) < 4.78 is 44.3. The Hall–Kier alpha value is -3.73. The highest BCUT2D eigenvalue weighted by Crippen LogP contribution is 2.57. The van der Waals surface area contributed by atoms with Gasteiger partial charge in [-0.2, -0.15) is 0 Å². The van der Waals surface area contributed by atoms with E-state index in [-0.39, 0.29) is 24.2 Å². The Morgan fingerprint density at radius 1 is 1.02 bits per heavy atom. The van der Waals surface area contributed by atoms with Crippen molar-refractivity contribution in [3.8, 4) is 5.75 Å². The van der Waals surface area contributed by atoms with E-state index >= 15 is 0 Å². The number of aromatic nitrogens is 2. The van der Waals surface area contributed by atoms with E-state index in [0.717, 1.165) is 72.6 Å². The van der Waals surface area contributed by atoms with Gasteiger partial charge < -0.3 is 19.1 Å². The molecule has 1 spiro atoms. The van der Waals surface area contributed by atoms with Gasteiger partial charge in [0.05, 0.1) is 19.7 Å². The summed E-state index contributed by atoms with van der Waals surface area (Å²) in [4.78, 5) is 32.6. The van der Waals surface area contributed by atoms with Crippen LogP contribution in [0.4, 0.5) is 19.4 Å². The predicted molar refractivity (Wildman–Crippen MR) is 168 cm³/mol. The molecule has 2 saturated heterocycles. The maximum atomic E-state index is 13.4. The molecule has 0 amide bonds. The smallest absolute Gasteiger partial charge is 0.419 e. The third kappa shape index (κ3) is 7.24. The molecular weight excluding hydrogens is 582 g/mol. The van der Waals surface area contributed by atoms with E-state index in [9.17, 15) is 18.4 Å². The summed E-state index contributed by atoms with van der Waals surface area (Å²) in [7, 11) is 3.01. The van der Waals surface area contributed by atoms with Crippen molar-refractivity contribution in [2.75, 3.05) is 45.3 Å². The lowest BCUT2D eigenvalue weighted by Crippen LogP contribution is -2.52. The van der Waals surface area contributed by atoms with E-state index in [2.05, 4.69) is 19.5 Å². The van der Waals surface area contributed by atoms with Crippen molar-refractivity contribution in [1.82, 2.24) is 14.5 Å². The number of nitrogens with zero attached hydrogens (tertiary/aromatic N) is 4. The molecule has 3 aliphatic rings. The largest absolute Gasteiger partial charge is 0.496 e. The lowest BCUT2D eigenvalue weighted by Gasteiger charge is -2.51. The van der Waals surface area contributed by atoms with Crippen LogP contribution >= 0.6 is 0 Å². The number of piperidine rings is 1. The summed E-state index contributed by atoms with van der Waals surface area (Å²) in [6.45, 7) is 11.8. The second-order valence-electron chi connectivity index (χ2n) is 13.5. The van der Waals surface area contributed by atoms with Crippen LogP contribution in [0, 0.1) is 12.3 Å². The molecule has 4 heterocycles. The zero-order valence-corrected chi connectivity index (χ0v) is 27.1. The van der Waals surface area contributed by atoms with Gasteiger partial charge in [-0.25, -0.2) is 23.4 Å². The number of halogens is 2. The first kappa shape index (κ1) is 32.7. The van der Waals surface area contributed by atoms with Gasteiger partial charge in [-0.05, 0) is 95.3 Å². The van der Waals surface area contributed by atoms with Crippen LogP contribution in [0.2, 0.25) is 0 Å². The third-order valence-electron chi connectivity index (χ3n) is 8.91. The van der Waals surface area contributed by atoms with Crippen LogP contribution in [-0.2, 0) is 16.0 Å². The fourth-order valence-corrected chi connectivity index (χ4v) is 6.54. The lowest BCUT2D eigenvalue weighted by molar-refractivity contribution is -0.178. The van der Waals surface area contributed by atoms with Gasteiger partial charge in [-0.15, -0.1) is 0 Å². The molecule has 1 aromatic carbocycles. The molecule has 6 rings (SSSR count). The second-order valence-corrected chi connectivity index (χ2v) is 13.5. The third-order valence-corrected chi connectivity index (χ3v) is 8.91. The van der Waals surface area contributed by atoms with Crippen LogP contribution in [0.1, 0.15) is 74.5 Å². The Kier molecular flexibility index (Phi) is 9.13. The number of carbonyl (C=O) groups excluding carboxylic acids is 2. The maximum absolute atomic E-state index is 13.4. The lowest BCUT2D eigenvalue weighted by atomic mass is 9.61. The number of fused-ring (bicyclic) bond motifs is 1. The highest BCUT2D eigenvalue weighted by molar-refractivity contribution is 5.95. The van der Waals surface area contributed by atoms with Crippen molar-refractivity contribution >= 4 is 28.8 Å². The molecule has 1 aliphatic carbocycles. The number of hydrogen-bond donors (Lipinski definition) is 0. The summed E-state index contributed by atoms with van der Waals surface area (Å²) in [6, 6.07) is 9.28. The van der Waals surface area contributed by atoms with Crippen LogP contribution in [0.5, 0.6) is 5.75 Å². The van der Waals surface area contributed by atoms with Gasteiger partial charge in [0.15, 0.2) is 5.69 Å². The van der Waals surface area contributed by atoms with Crippen LogP contribution in [0.3, 0.4) is 0 Å². The van der Waals surface area contributed by atoms with Gasteiger partial charge in [-0.1, -0.05) is 6.07 Å². The number of methoxy groups -OCH3 is 2. The highest BCUT2D eigenvalue weighted by atomic mass is 19.3. The normalized spacial score (nSPS) is 18.8. The Balaban J connectivity index is 0.000000238. The number of carbonyl (C=O) groups is 2. The molecule has 0 bridgehead atoms. The zero-order valence-electron chi connectivity index (χ0n) is 27.1. The molecule has 0 N–H and O–H groups in total. The Labute approximate surface area is 263 Å². The Bertz CT molecular complexity index is 1540. The minimum absolute atomic E-state index is 0.0324. The predicted octanol–water partition coefficient (Wildman–Crippen LogP) is 6.83. The minimum atomic E-state index is -2.47. The number of rotatable bonds is 5. The van der Waals surface area contributed by atoms with Crippen molar-refractivity contribution in [2.45, 2.75) is 77.9 Å². The number of esters is 1. The molecular formula is C34H44F2N4O5. The van der Waals surface area contributed by atoms with E-state index in [0.29, 0.717) is 12.2 Å². The number of likely N-dealkylation sites (tertiary alicyclic amines) is 1. The first-order valence-corrected chi connectivity index (χ1v) is 15.5. The van der Waals surface area contributed by atoms with Gasteiger partial charge in [0, 0.05) is 49.6 Å². The van der Waals surface area contributed by atoms with Crippen LogP contribution in [0.25, 0.3) is 10.9 Å². The fraction of sp³-hybridized carbons (Fsp3) is 0.559. The van der Waals surface area contributed by atoms with E-state index in [1.54, 1.807) is 23.9 Å². The zero-order chi connectivity index (χ0) is 32.6. The number of benzene rings is 1. The quantitative estimate of drug-likeness (QED) is 0.285. The van der Waals surface area contributed by atoms with E-state index in [1.807, 2.05) is 52.0 Å². The Morgan fingerprint density at radius 3 is 2.27 bits per heavy atom. The minimum Gasteiger partial charge on any atom is -0.496 e. The molecule has 244 valence electrons. The summed E-state index contributed by atoms with van der Waals surface area (Å²) in [5.74, 6) is -1.21.